The van der Waals surface area contributed by atoms with Gasteiger partial charge in [0.25, 0.3) is 11.5 Å². The second kappa shape index (κ2) is 7.61. The lowest BCUT2D eigenvalue weighted by Crippen LogP contribution is -2.21. The van der Waals surface area contributed by atoms with E-state index in [4.69, 9.17) is 0 Å². The Morgan fingerprint density at radius 2 is 1.45 bits per heavy atom. The quantitative estimate of drug-likeness (QED) is 0.509. The third-order valence-corrected chi connectivity index (χ3v) is 5.68. The van der Waals surface area contributed by atoms with Crippen molar-refractivity contribution in [2.24, 2.45) is 5.10 Å². The molecule has 0 radical (unpaired) electrons. The van der Waals surface area contributed by atoms with Crippen LogP contribution < -0.4 is 10.6 Å². The number of hydrazone groups is 1. The molecule has 0 bridgehead atoms. The smallest absolute Gasteiger partial charge is 0.280 e. The van der Waals surface area contributed by atoms with Crippen LogP contribution in [0, 0.1) is 6.92 Å². The first-order valence-corrected chi connectivity index (χ1v) is 10.4. The molecule has 29 heavy (non-hydrogen) atoms. The summed E-state index contributed by atoms with van der Waals surface area (Å²) in [6, 6.07) is 14.7. The number of halogens is 2. The summed E-state index contributed by atoms with van der Waals surface area (Å²) in [5.74, 6) is -0.264. The van der Waals surface area contributed by atoms with E-state index in [-0.39, 0.29) is 11.5 Å². The van der Waals surface area contributed by atoms with Crippen molar-refractivity contribution in [1.29, 1.82) is 0 Å². The molecule has 6 nitrogen and oxygen atoms in total. The SMILES string of the molecule is CC1=NN(c2ccc(Br)cc2)C(=O)/C1=C\c1c(C)[nH]n(-c2ccc(Br)cc2)c1=O. The summed E-state index contributed by atoms with van der Waals surface area (Å²) >= 11 is 6.78. The zero-order chi connectivity index (χ0) is 20.7. The third-order valence-electron chi connectivity index (χ3n) is 4.62. The molecule has 1 aromatic heterocycles. The highest BCUT2D eigenvalue weighted by molar-refractivity contribution is 9.10. The molecule has 0 spiro atoms. The van der Waals surface area contributed by atoms with Crippen molar-refractivity contribution in [3.63, 3.8) is 0 Å². The lowest BCUT2D eigenvalue weighted by Gasteiger charge is -2.11. The minimum absolute atomic E-state index is 0.222. The van der Waals surface area contributed by atoms with Gasteiger partial charge >= 0.3 is 0 Å². The molecular formula is C21H16Br2N4O2. The molecule has 1 aliphatic heterocycles. The summed E-state index contributed by atoms with van der Waals surface area (Å²) in [6.45, 7) is 3.57. The van der Waals surface area contributed by atoms with Gasteiger partial charge in [0.2, 0.25) is 0 Å². The van der Waals surface area contributed by atoms with Crippen LogP contribution in [0.3, 0.4) is 0 Å². The second-order valence-corrected chi connectivity index (χ2v) is 8.44. The molecular weight excluding hydrogens is 500 g/mol. The van der Waals surface area contributed by atoms with Crippen LogP contribution in [0.15, 0.2) is 72.9 Å². The molecule has 0 fully saturated rings. The highest BCUT2D eigenvalue weighted by Crippen LogP contribution is 2.26. The molecule has 0 aliphatic carbocycles. The molecule has 8 heteroatoms. The van der Waals surface area contributed by atoms with Gasteiger partial charge < -0.3 is 0 Å². The summed E-state index contributed by atoms with van der Waals surface area (Å²) in [6.07, 6.45) is 1.61. The van der Waals surface area contributed by atoms with Gasteiger partial charge in [-0.05, 0) is 68.5 Å². The van der Waals surface area contributed by atoms with Crippen molar-refractivity contribution < 1.29 is 4.79 Å². The van der Waals surface area contributed by atoms with E-state index in [0.717, 1.165) is 8.95 Å². The number of hydrogen-bond donors (Lipinski definition) is 1. The van der Waals surface area contributed by atoms with Gasteiger partial charge in [-0.3, -0.25) is 14.7 Å². The third kappa shape index (κ3) is 3.65. The van der Waals surface area contributed by atoms with E-state index < -0.39 is 0 Å². The maximum Gasteiger partial charge on any atom is 0.280 e. The van der Waals surface area contributed by atoms with Gasteiger partial charge in [-0.2, -0.15) is 10.1 Å². The zero-order valence-corrected chi connectivity index (χ0v) is 18.8. The number of benzene rings is 2. The lowest BCUT2D eigenvalue weighted by molar-refractivity contribution is -0.114. The Kier molecular flexibility index (Phi) is 5.14. The van der Waals surface area contributed by atoms with Crippen molar-refractivity contribution in [1.82, 2.24) is 9.78 Å². The summed E-state index contributed by atoms with van der Waals surface area (Å²) in [5, 5.41) is 8.80. The number of rotatable bonds is 3. The van der Waals surface area contributed by atoms with Crippen LogP contribution >= 0.6 is 31.9 Å². The molecule has 4 rings (SSSR count). The van der Waals surface area contributed by atoms with Crippen molar-refractivity contribution in [3.8, 4) is 5.69 Å². The van der Waals surface area contributed by atoms with E-state index in [1.165, 1.54) is 9.69 Å². The van der Waals surface area contributed by atoms with Gasteiger partial charge in [-0.25, -0.2) is 4.68 Å². The monoisotopic (exact) mass is 514 g/mol. The highest BCUT2D eigenvalue weighted by atomic mass is 79.9. The van der Waals surface area contributed by atoms with Crippen LogP contribution in [0.2, 0.25) is 0 Å². The van der Waals surface area contributed by atoms with Crippen LogP contribution in [-0.4, -0.2) is 21.4 Å². The van der Waals surface area contributed by atoms with Crippen molar-refractivity contribution in [2.45, 2.75) is 13.8 Å². The van der Waals surface area contributed by atoms with E-state index >= 15 is 0 Å². The molecule has 2 aromatic carbocycles. The summed E-state index contributed by atoms with van der Waals surface area (Å²) in [4.78, 5) is 25.9. The Morgan fingerprint density at radius 1 is 0.897 bits per heavy atom. The van der Waals surface area contributed by atoms with Crippen molar-refractivity contribution >= 4 is 55.2 Å². The van der Waals surface area contributed by atoms with Gasteiger partial charge in [0, 0.05) is 14.6 Å². The van der Waals surface area contributed by atoms with Crippen LogP contribution in [-0.2, 0) is 4.79 Å². The molecule has 1 amide bonds. The fourth-order valence-electron chi connectivity index (χ4n) is 3.09. The number of amides is 1. The maximum atomic E-state index is 13.0. The number of H-pyrrole nitrogens is 1. The van der Waals surface area contributed by atoms with E-state index in [1.807, 2.05) is 55.5 Å². The Bertz CT molecular complexity index is 1220. The van der Waals surface area contributed by atoms with E-state index in [9.17, 15) is 9.59 Å². The van der Waals surface area contributed by atoms with Crippen LogP contribution in [0.25, 0.3) is 11.8 Å². The number of carbonyl (C=O) groups is 1. The second-order valence-electron chi connectivity index (χ2n) is 6.60. The number of aryl methyl sites for hydroxylation is 1. The Morgan fingerprint density at radius 3 is 2.03 bits per heavy atom. The van der Waals surface area contributed by atoms with Gasteiger partial charge in [0.05, 0.1) is 28.2 Å². The van der Waals surface area contributed by atoms with Gasteiger partial charge in [0.1, 0.15) is 0 Å². The van der Waals surface area contributed by atoms with E-state index in [1.54, 1.807) is 13.0 Å². The minimum Gasteiger partial charge on any atom is -0.295 e. The first kappa shape index (κ1) is 19.6. The van der Waals surface area contributed by atoms with Gasteiger partial charge in [-0.15, -0.1) is 0 Å². The Balaban J connectivity index is 1.72. The van der Waals surface area contributed by atoms with Crippen LogP contribution in [0.1, 0.15) is 18.2 Å². The molecule has 1 aliphatic rings. The predicted octanol–water partition coefficient (Wildman–Crippen LogP) is 4.81. The number of anilines is 1. The first-order valence-electron chi connectivity index (χ1n) is 8.80. The largest absolute Gasteiger partial charge is 0.295 e. The van der Waals surface area contributed by atoms with Crippen LogP contribution in [0.5, 0.6) is 0 Å². The molecule has 3 aromatic rings. The number of aromatic amines is 1. The maximum absolute atomic E-state index is 13.0. The summed E-state index contributed by atoms with van der Waals surface area (Å²) in [5.41, 5.74) is 3.23. The fourth-order valence-corrected chi connectivity index (χ4v) is 3.62. The Hall–Kier alpha value is -2.71. The average molecular weight is 516 g/mol. The van der Waals surface area contributed by atoms with Crippen molar-refractivity contribution in [2.75, 3.05) is 5.01 Å². The Labute approximate surface area is 183 Å². The molecule has 1 N–H and O–H groups in total. The predicted molar refractivity (Wildman–Crippen MR) is 122 cm³/mol. The highest BCUT2D eigenvalue weighted by Gasteiger charge is 2.29. The van der Waals surface area contributed by atoms with Crippen molar-refractivity contribution in [3.05, 3.63) is 84.7 Å². The molecule has 0 saturated carbocycles. The van der Waals surface area contributed by atoms with Gasteiger partial charge in [0.15, 0.2) is 0 Å². The fraction of sp³-hybridized carbons (Fsp3) is 0.0952. The first-order chi connectivity index (χ1) is 13.8. The van der Waals surface area contributed by atoms with E-state index in [2.05, 4.69) is 42.1 Å². The standard InChI is InChI=1S/C21H16Br2N4O2/c1-12-18(20(28)26(24-12)16-7-3-14(22)4-8-16)11-19-13(2)25-27(21(19)29)17-9-5-15(23)6-10-17/h3-11,24H,1-2H3/b19-11-. The van der Waals surface area contributed by atoms with Gasteiger partial charge in [-0.1, -0.05) is 31.9 Å². The lowest BCUT2D eigenvalue weighted by atomic mass is 10.1. The number of nitrogens with zero attached hydrogens (tertiary/aromatic N) is 3. The topological polar surface area (TPSA) is 70.5 Å². The number of nitrogens with one attached hydrogen (secondary N) is 1. The molecule has 2 heterocycles. The number of hydrogen-bond acceptors (Lipinski definition) is 3. The molecule has 0 atom stereocenters. The molecule has 0 unspecified atom stereocenters. The number of aromatic nitrogens is 2. The van der Waals surface area contributed by atoms with Crippen LogP contribution in [0.4, 0.5) is 5.69 Å². The molecule has 0 saturated heterocycles. The summed E-state index contributed by atoms with van der Waals surface area (Å²) < 4.78 is 3.31. The average Bonchev–Trinajstić information content (AvgIpc) is 3.14. The van der Waals surface area contributed by atoms with E-state index in [0.29, 0.717) is 33.9 Å². The minimum atomic E-state index is -0.264. The zero-order valence-electron chi connectivity index (χ0n) is 15.6. The summed E-state index contributed by atoms with van der Waals surface area (Å²) in [7, 11) is 0. The normalized spacial score (nSPS) is 15.3. The number of carbonyl (C=O) groups excluding carboxylic acids is 1. The molecule has 146 valence electrons.